The molecule has 1 aromatic heterocycles. The van der Waals surface area contributed by atoms with Crippen LogP contribution in [0.3, 0.4) is 0 Å². The van der Waals surface area contributed by atoms with Crippen LogP contribution >= 0.6 is 35.4 Å². The van der Waals surface area contributed by atoms with E-state index in [9.17, 15) is 0 Å². The molecule has 0 unspecified atom stereocenters. The molecule has 0 saturated heterocycles. The Morgan fingerprint density at radius 1 is 1.08 bits per heavy atom. The second-order valence-electron chi connectivity index (χ2n) is 4.84. The van der Waals surface area contributed by atoms with E-state index in [1.54, 1.807) is 24.3 Å². The lowest BCUT2D eigenvalue weighted by Gasteiger charge is -2.08. The Morgan fingerprint density at radius 2 is 1.83 bits per heavy atom. The van der Waals surface area contributed by atoms with Crippen LogP contribution in [0.5, 0.6) is 0 Å². The highest BCUT2D eigenvalue weighted by atomic mass is 35.5. The minimum atomic E-state index is 0.306. The van der Waals surface area contributed by atoms with Crippen LogP contribution < -0.4 is 10.6 Å². The van der Waals surface area contributed by atoms with Crippen molar-refractivity contribution < 1.29 is 4.52 Å². The summed E-state index contributed by atoms with van der Waals surface area (Å²) < 4.78 is 5.20. The van der Waals surface area contributed by atoms with Gasteiger partial charge in [-0.15, -0.1) is 0 Å². The second kappa shape index (κ2) is 7.61. The zero-order valence-electron chi connectivity index (χ0n) is 12.3. The van der Waals surface area contributed by atoms with Gasteiger partial charge in [0.2, 0.25) is 11.7 Å². The first-order valence-corrected chi connectivity index (χ1v) is 8.15. The number of nitrogens with zero attached hydrogens (tertiary/aromatic N) is 2. The first-order chi connectivity index (χ1) is 11.6. The summed E-state index contributed by atoms with van der Waals surface area (Å²) in [5.41, 5.74) is 1.59. The summed E-state index contributed by atoms with van der Waals surface area (Å²) in [7, 11) is 0. The van der Waals surface area contributed by atoms with Crippen molar-refractivity contribution in [3.63, 3.8) is 0 Å². The van der Waals surface area contributed by atoms with Gasteiger partial charge in [0.1, 0.15) is 0 Å². The first-order valence-electron chi connectivity index (χ1n) is 6.99. The lowest BCUT2D eigenvalue weighted by atomic mass is 10.2. The Hall–Kier alpha value is -2.15. The van der Waals surface area contributed by atoms with E-state index >= 15 is 0 Å². The van der Waals surface area contributed by atoms with Crippen molar-refractivity contribution in [2.75, 3.05) is 5.32 Å². The molecule has 3 aromatic rings. The molecule has 2 N–H and O–H groups in total. The molecule has 1 heterocycles. The maximum absolute atomic E-state index is 5.96. The van der Waals surface area contributed by atoms with Gasteiger partial charge in [-0.05, 0) is 42.5 Å². The Morgan fingerprint density at radius 3 is 2.58 bits per heavy atom. The molecule has 0 radical (unpaired) electrons. The van der Waals surface area contributed by atoms with Crippen LogP contribution in [0.15, 0.2) is 53.1 Å². The Balaban J connectivity index is 1.58. The van der Waals surface area contributed by atoms with Gasteiger partial charge < -0.3 is 15.2 Å². The number of rotatable bonds is 4. The van der Waals surface area contributed by atoms with Gasteiger partial charge in [-0.25, -0.2) is 0 Å². The molecule has 24 heavy (non-hydrogen) atoms. The first kappa shape index (κ1) is 16.7. The number of anilines is 1. The number of aromatic nitrogens is 2. The normalized spacial score (nSPS) is 10.4. The van der Waals surface area contributed by atoms with Crippen LogP contribution in [0.2, 0.25) is 10.0 Å². The summed E-state index contributed by atoms with van der Waals surface area (Å²) in [5, 5.41) is 11.6. The fourth-order valence-electron chi connectivity index (χ4n) is 1.97. The minimum absolute atomic E-state index is 0.306. The smallest absolute Gasteiger partial charge is 0.246 e. The number of hydrogen-bond donors (Lipinski definition) is 2. The van der Waals surface area contributed by atoms with E-state index in [1.807, 2.05) is 24.3 Å². The summed E-state index contributed by atoms with van der Waals surface area (Å²) >= 11 is 17.1. The lowest BCUT2D eigenvalue weighted by molar-refractivity contribution is 0.376. The number of thiocarbonyl (C=S) groups is 1. The van der Waals surface area contributed by atoms with Crippen LogP contribution in [0.1, 0.15) is 5.89 Å². The van der Waals surface area contributed by atoms with E-state index in [0.717, 1.165) is 11.3 Å². The molecule has 0 atom stereocenters. The molecule has 0 spiro atoms. The van der Waals surface area contributed by atoms with Crippen molar-refractivity contribution in [3.8, 4) is 11.4 Å². The fraction of sp³-hybridized carbons (Fsp3) is 0.0625. The van der Waals surface area contributed by atoms with Crippen molar-refractivity contribution in [2.24, 2.45) is 0 Å². The zero-order valence-corrected chi connectivity index (χ0v) is 14.6. The molecule has 0 aliphatic carbocycles. The van der Waals surface area contributed by atoms with Crippen molar-refractivity contribution >= 4 is 46.2 Å². The average Bonchev–Trinajstić information content (AvgIpc) is 3.02. The molecule has 8 heteroatoms. The molecule has 0 fully saturated rings. The number of halogens is 2. The molecule has 5 nitrogen and oxygen atoms in total. The average molecular weight is 379 g/mol. The van der Waals surface area contributed by atoms with E-state index in [-0.39, 0.29) is 0 Å². The van der Waals surface area contributed by atoms with Crippen LogP contribution in [0, 0.1) is 0 Å². The molecule has 0 amide bonds. The Kier molecular flexibility index (Phi) is 5.30. The predicted molar refractivity (Wildman–Crippen MR) is 99.3 cm³/mol. The summed E-state index contributed by atoms with van der Waals surface area (Å²) in [6.45, 7) is 0.306. The molecule has 3 rings (SSSR count). The number of hydrogen-bond acceptors (Lipinski definition) is 4. The van der Waals surface area contributed by atoms with E-state index in [4.69, 9.17) is 39.9 Å². The quantitative estimate of drug-likeness (QED) is 0.650. The Labute approximate surface area is 154 Å². The van der Waals surface area contributed by atoms with Gasteiger partial charge >= 0.3 is 0 Å². The van der Waals surface area contributed by atoms with Gasteiger partial charge in [0.15, 0.2) is 5.11 Å². The van der Waals surface area contributed by atoms with Crippen LogP contribution in [-0.2, 0) is 6.54 Å². The van der Waals surface area contributed by atoms with E-state index in [1.165, 1.54) is 0 Å². The molecule has 0 aliphatic heterocycles. The largest absolute Gasteiger partial charge is 0.353 e. The van der Waals surface area contributed by atoms with Crippen LogP contribution in [0.4, 0.5) is 5.69 Å². The van der Waals surface area contributed by atoms with Gasteiger partial charge in [-0.3, -0.25) is 0 Å². The standard InChI is InChI=1S/C16H12Cl2N4OS/c17-11-4-1-3-10(7-11)15-21-14(23-22-15)9-19-16(24)20-13-6-2-5-12(18)8-13/h1-8H,9H2,(H2,19,20,24). The fourth-order valence-corrected chi connectivity index (χ4v) is 2.54. The monoisotopic (exact) mass is 378 g/mol. The molecule has 122 valence electrons. The van der Waals surface area contributed by atoms with Gasteiger partial charge in [-0.2, -0.15) is 4.98 Å². The third-order valence-electron chi connectivity index (χ3n) is 3.03. The highest BCUT2D eigenvalue weighted by molar-refractivity contribution is 7.80. The van der Waals surface area contributed by atoms with Crippen LogP contribution in [-0.4, -0.2) is 15.3 Å². The molecule has 0 aliphatic rings. The summed E-state index contributed by atoms with van der Waals surface area (Å²) in [5.74, 6) is 0.892. The molecule has 2 aromatic carbocycles. The SMILES string of the molecule is S=C(NCc1nc(-c2cccc(Cl)c2)no1)Nc1cccc(Cl)c1. The third-order valence-corrected chi connectivity index (χ3v) is 3.75. The summed E-state index contributed by atoms with van der Waals surface area (Å²) in [6, 6.07) is 14.5. The molecular weight excluding hydrogens is 367 g/mol. The van der Waals surface area contributed by atoms with Gasteiger partial charge in [0.05, 0.1) is 6.54 Å². The van der Waals surface area contributed by atoms with Crippen molar-refractivity contribution in [1.29, 1.82) is 0 Å². The van der Waals surface area contributed by atoms with Gasteiger partial charge in [0.25, 0.3) is 0 Å². The molecule has 0 saturated carbocycles. The second-order valence-corrected chi connectivity index (χ2v) is 6.12. The van der Waals surface area contributed by atoms with Crippen molar-refractivity contribution in [1.82, 2.24) is 15.5 Å². The van der Waals surface area contributed by atoms with Gasteiger partial charge in [0, 0.05) is 21.3 Å². The molecular formula is C16H12Cl2N4OS. The topological polar surface area (TPSA) is 63.0 Å². The van der Waals surface area contributed by atoms with E-state index in [2.05, 4.69) is 20.8 Å². The predicted octanol–water partition coefficient (Wildman–Crippen LogP) is 4.53. The zero-order chi connectivity index (χ0) is 16.9. The highest BCUT2D eigenvalue weighted by Crippen LogP contribution is 2.20. The summed E-state index contributed by atoms with van der Waals surface area (Å²) in [4.78, 5) is 4.31. The minimum Gasteiger partial charge on any atom is -0.353 e. The lowest BCUT2D eigenvalue weighted by Crippen LogP contribution is -2.27. The van der Waals surface area contributed by atoms with Crippen molar-refractivity contribution in [3.05, 3.63) is 64.5 Å². The number of nitrogens with one attached hydrogen (secondary N) is 2. The number of benzene rings is 2. The summed E-state index contributed by atoms with van der Waals surface area (Å²) in [6.07, 6.45) is 0. The highest BCUT2D eigenvalue weighted by Gasteiger charge is 2.09. The maximum Gasteiger partial charge on any atom is 0.246 e. The van der Waals surface area contributed by atoms with Gasteiger partial charge in [-0.1, -0.05) is 46.6 Å². The van der Waals surface area contributed by atoms with Crippen molar-refractivity contribution in [2.45, 2.75) is 6.54 Å². The third kappa shape index (κ3) is 4.44. The van der Waals surface area contributed by atoms with Crippen LogP contribution in [0.25, 0.3) is 11.4 Å². The molecule has 0 bridgehead atoms. The Bertz CT molecular complexity index is 869. The maximum atomic E-state index is 5.96. The van der Waals surface area contributed by atoms with E-state index in [0.29, 0.717) is 33.4 Å². The van der Waals surface area contributed by atoms with E-state index < -0.39 is 0 Å².